The van der Waals surface area contributed by atoms with E-state index in [1.54, 1.807) is 35.6 Å². The minimum absolute atomic E-state index is 0.0242. The molecule has 7 heteroatoms. The molecule has 4 rings (SSSR count). The van der Waals surface area contributed by atoms with E-state index in [-0.39, 0.29) is 17.9 Å². The molecule has 0 bridgehead atoms. The number of aryl methyl sites for hydroxylation is 2. The van der Waals surface area contributed by atoms with Gasteiger partial charge in [-0.3, -0.25) is 9.59 Å². The summed E-state index contributed by atoms with van der Waals surface area (Å²) in [5.41, 5.74) is 1.65. The third-order valence-corrected chi connectivity index (χ3v) is 5.52. The minimum Gasteiger partial charge on any atom is -0.326 e. The van der Waals surface area contributed by atoms with Crippen molar-refractivity contribution in [3.8, 4) is 0 Å². The Kier molecular flexibility index (Phi) is 3.86. The number of halogens is 1. The monoisotopic (exact) mass is 359 g/mol. The van der Waals surface area contributed by atoms with Crippen LogP contribution in [0.15, 0.2) is 29.1 Å². The average molecular weight is 360 g/mol. The summed E-state index contributed by atoms with van der Waals surface area (Å²) in [6.45, 7) is 0. The normalized spacial score (nSPS) is 13.2. The van der Waals surface area contributed by atoms with Gasteiger partial charge in [-0.25, -0.2) is 4.98 Å². The second kappa shape index (κ2) is 6.03. The van der Waals surface area contributed by atoms with Crippen molar-refractivity contribution < 1.29 is 4.79 Å². The number of hydrogen-bond acceptors (Lipinski definition) is 4. The lowest BCUT2D eigenvalue weighted by Gasteiger charge is -2.05. The standard InChI is InChI=1S/C17H14ClN3O2S/c18-9-4-6-10(7-5-9)19-14(22)8-13-20-16(23)15-11-2-1-3-12(11)24-17(15)21-13/h4-7H,1-3,8H2,(H,19,22)(H,20,21,23). The summed E-state index contributed by atoms with van der Waals surface area (Å²) < 4.78 is 0. The molecule has 1 aromatic carbocycles. The van der Waals surface area contributed by atoms with Crippen LogP contribution >= 0.6 is 22.9 Å². The van der Waals surface area contributed by atoms with Crippen LogP contribution in [0.3, 0.4) is 0 Å². The molecule has 0 fully saturated rings. The zero-order chi connectivity index (χ0) is 16.7. The van der Waals surface area contributed by atoms with Crippen molar-refractivity contribution in [1.29, 1.82) is 0 Å². The summed E-state index contributed by atoms with van der Waals surface area (Å²) in [4.78, 5) is 33.7. The fourth-order valence-corrected chi connectivity index (χ4v) is 4.43. The molecule has 0 unspecified atom stereocenters. The Morgan fingerprint density at radius 3 is 2.88 bits per heavy atom. The van der Waals surface area contributed by atoms with Gasteiger partial charge in [0.05, 0.1) is 11.8 Å². The Hall–Kier alpha value is -2.18. The topological polar surface area (TPSA) is 74.8 Å². The van der Waals surface area contributed by atoms with E-state index in [1.165, 1.54) is 4.88 Å². The second-order valence-electron chi connectivity index (χ2n) is 5.78. The van der Waals surface area contributed by atoms with Crippen LogP contribution in [0.1, 0.15) is 22.7 Å². The molecule has 1 aliphatic carbocycles. The molecule has 1 amide bonds. The lowest BCUT2D eigenvalue weighted by atomic mass is 10.2. The summed E-state index contributed by atoms with van der Waals surface area (Å²) in [6, 6.07) is 6.86. The molecular weight excluding hydrogens is 346 g/mol. The van der Waals surface area contributed by atoms with Gasteiger partial charge in [-0.1, -0.05) is 11.6 Å². The average Bonchev–Trinajstić information content (AvgIpc) is 3.09. The van der Waals surface area contributed by atoms with Crippen LogP contribution in [0.2, 0.25) is 5.02 Å². The number of H-pyrrole nitrogens is 1. The van der Waals surface area contributed by atoms with Gasteiger partial charge in [-0.05, 0) is 49.1 Å². The maximum atomic E-state index is 12.4. The number of benzene rings is 1. The third-order valence-electron chi connectivity index (χ3n) is 4.08. The number of carbonyl (C=O) groups is 1. The Morgan fingerprint density at radius 1 is 1.29 bits per heavy atom. The Morgan fingerprint density at radius 2 is 2.08 bits per heavy atom. The van der Waals surface area contributed by atoms with Gasteiger partial charge in [0.1, 0.15) is 10.7 Å². The molecule has 2 N–H and O–H groups in total. The van der Waals surface area contributed by atoms with Gasteiger partial charge in [0.15, 0.2) is 0 Å². The highest BCUT2D eigenvalue weighted by Crippen LogP contribution is 2.34. The number of aromatic amines is 1. The SMILES string of the molecule is O=C(Cc1nc2sc3c(c2c(=O)[nH]1)CCC3)Nc1ccc(Cl)cc1. The number of fused-ring (bicyclic) bond motifs is 3. The van der Waals surface area contributed by atoms with Crippen molar-refractivity contribution in [2.24, 2.45) is 0 Å². The highest BCUT2D eigenvalue weighted by atomic mass is 35.5. The molecule has 0 saturated heterocycles. The van der Waals surface area contributed by atoms with Crippen LogP contribution in [-0.2, 0) is 24.1 Å². The predicted octanol–water partition coefficient (Wildman–Crippen LogP) is 3.31. The lowest BCUT2D eigenvalue weighted by molar-refractivity contribution is -0.115. The van der Waals surface area contributed by atoms with E-state index in [4.69, 9.17) is 11.6 Å². The van der Waals surface area contributed by atoms with Crippen molar-refractivity contribution in [3.63, 3.8) is 0 Å². The molecule has 2 aromatic heterocycles. The van der Waals surface area contributed by atoms with Gasteiger partial charge in [-0.2, -0.15) is 0 Å². The van der Waals surface area contributed by atoms with E-state index in [0.29, 0.717) is 21.9 Å². The smallest absolute Gasteiger partial charge is 0.259 e. The van der Waals surface area contributed by atoms with Gasteiger partial charge in [0.25, 0.3) is 5.56 Å². The lowest BCUT2D eigenvalue weighted by Crippen LogP contribution is -2.19. The van der Waals surface area contributed by atoms with Crippen LogP contribution in [0.25, 0.3) is 10.2 Å². The molecule has 3 aromatic rings. The largest absolute Gasteiger partial charge is 0.326 e. The first-order valence-corrected chi connectivity index (χ1v) is 8.88. The van der Waals surface area contributed by atoms with Crippen molar-refractivity contribution >= 4 is 44.7 Å². The number of thiophene rings is 1. The molecule has 0 saturated carbocycles. The second-order valence-corrected chi connectivity index (χ2v) is 7.30. The van der Waals surface area contributed by atoms with Gasteiger partial charge in [0, 0.05) is 15.6 Å². The molecule has 5 nitrogen and oxygen atoms in total. The maximum Gasteiger partial charge on any atom is 0.259 e. The van der Waals surface area contributed by atoms with Crippen molar-refractivity contribution in [2.75, 3.05) is 5.32 Å². The molecule has 0 radical (unpaired) electrons. The van der Waals surface area contributed by atoms with E-state index in [9.17, 15) is 9.59 Å². The van der Waals surface area contributed by atoms with Crippen molar-refractivity contribution in [2.45, 2.75) is 25.7 Å². The highest BCUT2D eigenvalue weighted by molar-refractivity contribution is 7.18. The van der Waals surface area contributed by atoms with Crippen LogP contribution < -0.4 is 10.9 Å². The van der Waals surface area contributed by atoms with E-state index in [0.717, 1.165) is 29.7 Å². The zero-order valence-electron chi connectivity index (χ0n) is 12.7. The molecule has 2 heterocycles. The molecule has 0 spiro atoms. The van der Waals surface area contributed by atoms with E-state index in [1.807, 2.05) is 0 Å². The number of nitrogens with zero attached hydrogens (tertiary/aromatic N) is 1. The predicted molar refractivity (Wildman–Crippen MR) is 96.1 cm³/mol. The Bertz CT molecular complexity index is 991. The molecule has 0 atom stereocenters. The van der Waals surface area contributed by atoms with Gasteiger partial charge >= 0.3 is 0 Å². The number of nitrogens with one attached hydrogen (secondary N) is 2. The van der Waals surface area contributed by atoms with Crippen LogP contribution in [0, 0.1) is 0 Å². The van der Waals surface area contributed by atoms with Gasteiger partial charge in [0.2, 0.25) is 5.91 Å². The molecular formula is C17H14ClN3O2S. The number of anilines is 1. The molecule has 122 valence electrons. The Balaban J connectivity index is 1.57. The Labute approximate surface area is 146 Å². The fourth-order valence-electron chi connectivity index (χ4n) is 3.02. The molecule has 0 aliphatic heterocycles. The quantitative estimate of drug-likeness (QED) is 0.753. The van der Waals surface area contributed by atoms with E-state index >= 15 is 0 Å². The summed E-state index contributed by atoms with van der Waals surface area (Å²) in [6.07, 6.45) is 3.08. The highest BCUT2D eigenvalue weighted by Gasteiger charge is 2.21. The van der Waals surface area contributed by atoms with Crippen LogP contribution in [-0.4, -0.2) is 15.9 Å². The maximum absolute atomic E-state index is 12.4. The number of carbonyl (C=O) groups excluding carboxylic acids is 1. The number of hydrogen-bond donors (Lipinski definition) is 2. The van der Waals surface area contributed by atoms with Gasteiger partial charge in [-0.15, -0.1) is 11.3 Å². The minimum atomic E-state index is -0.232. The van der Waals surface area contributed by atoms with Crippen molar-refractivity contribution in [3.05, 3.63) is 55.9 Å². The van der Waals surface area contributed by atoms with E-state index in [2.05, 4.69) is 15.3 Å². The first-order chi connectivity index (χ1) is 11.6. The number of aromatic nitrogens is 2. The molecule has 1 aliphatic rings. The van der Waals surface area contributed by atoms with Crippen LogP contribution in [0.4, 0.5) is 5.69 Å². The van der Waals surface area contributed by atoms with E-state index < -0.39 is 0 Å². The van der Waals surface area contributed by atoms with Crippen LogP contribution in [0.5, 0.6) is 0 Å². The third kappa shape index (κ3) is 2.83. The number of rotatable bonds is 3. The fraction of sp³-hybridized carbons (Fsp3) is 0.235. The summed E-state index contributed by atoms with van der Waals surface area (Å²) in [5, 5.41) is 4.08. The summed E-state index contributed by atoms with van der Waals surface area (Å²) in [5.74, 6) is 0.155. The van der Waals surface area contributed by atoms with Crippen molar-refractivity contribution in [1.82, 2.24) is 9.97 Å². The number of amides is 1. The summed E-state index contributed by atoms with van der Waals surface area (Å²) >= 11 is 7.39. The zero-order valence-corrected chi connectivity index (χ0v) is 14.3. The molecule has 24 heavy (non-hydrogen) atoms. The van der Waals surface area contributed by atoms with Gasteiger partial charge < -0.3 is 10.3 Å². The first kappa shape index (κ1) is 15.4. The first-order valence-electron chi connectivity index (χ1n) is 7.69. The summed E-state index contributed by atoms with van der Waals surface area (Å²) in [7, 11) is 0.